The highest BCUT2D eigenvalue weighted by molar-refractivity contribution is 8.00. The molecule has 0 radical (unpaired) electrons. The predicted octanol–water partition coefficient (Wildman–Crippen LogP) is 9.31. The highest BCUT2D eigenvalue weighted by Crippen LogP contribution is 2.38. The molecule has 50 heavy (non-hydrogen) atoms. The first-order valence-electron chi connectivity index (χ1n) is 15.9. The molecule has 3 N–H and O–H groups in total. The Kier molecular flexibility index (Phi) is 11.0. The van der Waals surface area contributed by atoms with Crippen LogP contribution in [0, 0.1) is 13.8 Å². The molecule has 0 saturated heterocycles. The molecule has 1 heterocycles. The summed E-state index contributed by atoms with van der Waals surface area (Å²) in [5, 5.41) is 10.6. The van der Waals surface area contributed by atoms with E-state index in [9.17, 15) is 14.4 Å². The Balaban J connectivity index is 1.21. The van der Waals surface area contributed by atoms with Crippen LogP contribution in [0.15, 0.2) is 149 Å². The van der Waals surface area contributed by atoms with Gasteiger partial charge in [-0.05, 0) is 61.4 Å². The molecule has 6 aromatic rings. The van der Waals surface area contributed by atoms with Gasteiger partial charge in [0.2, 0.25) is 5.91 Å². The van der Waals surface area contributed by atoms with Crippen LogP contribution in [0.5, 0.6) is 0 Å². The monoisotopic (exact) mass is 694 g/mol. The molecule has 0 bridgehead atoms. The van der Waals surface area contributed by atoms with Crippen LogP contribution in [0.4, 0.5) is 10.8 Å². The van der Waals surface area contributed by atoms with Crippen LogP contribution >= 0.6 is 23.1 Å². The average molecular weight is 695 g/mol. The second-order valence-corrected chi connectivity index (χ2v) is 13.6. The number of amides is 3. The van der Waals surface area contributed by atoms with Gasteiger partial charge in [0.15, 0.2) is 5.13 Å². The van der Waals surface area contributed by atoms with Crippen LogP contribution in [0.1, 0.15) is 37.9 Å². The van der Waals surface area contributed by atoms with Crippen molar-refractivity contribution in [3.63, 3.8) is 0 Å². The average Bonchev–Trinajstić information content (AvgIpc) is 3.59. The maximum absolute atomic E-state index is 13.8. The standard InChI is InChI=1S/C41H34N4O3S2/c1-27-19-21-30(22-20-27)36-26-49-41(44-36)45-40(48)37(31-13-5-3-6-14-31)50-34-18-10-17-33(25-34)42-39(47)35(24-29-12-9-11-28(2)23-29)43-38(46)32-15-7-4-8-16-32/h3-26,37H,1-2H3,(H,42,47)(H,43,46)(H,44,45,48)/b35-24+. The molecule has 3 amide bonds. The van der Waals surface area contributed by atoms with Gasteiger partial charge in [0.05, 0.1) is 5.69 Å². The van der Waals surface area contributed by atoms with Gasteiger partial charge in [0.1, 0.15) is 10.9 Å². The highest BCUT2D eigenvalue weighted by Gasteiger charge is 2.24. The lowest BCUT2D eigenvalue weighted by atomic mass is 10.1. The predicted molar refractivity (Wildman–Crippen MR) is 204 cm³/mol. The maximum atomic E-state index is 13.8. The molecule has 248 valence electrons. The molecule has 5 aromatic carbocycles. The summed E-state index contributed by atoms with van der Waals surface area (Å²) in [5.74, 6) is -1.09. The van der Waals surface area contributed by atoms with E-state index in [1.807, 2.05) is 122 Å². The van der Waals surface area contributed by atoms with E-state index < -0.39 is 17.1 Å². The van der Waals surface area contributed by atoms with Gasteiger partial charge < -0.3 is 16.0 Å². The first-order valence-corrected chi connectivity index (χ1v) is 17.7. The summed E-state index contributed by atoms with van der Waals surface area (Å²) in [6, 6.07) is 41.3. The van der Waals surface area contributed by atoms with Crippen LogP contribution in [0.25, 0.3) is 17.3 Å². The smallest absolute Gasteiger partial charge is 0.272 e. The number of nitrogens with zero attached hydrogens (tertiary/aromatic N) is 1. The van der Waals surface area contributed by atoms with E-state index in [1.54, 1.807) is 36.4 Å². The molecule has 1 aromatic heterocycles. The molecule has 1 atom stereocenters. The Morgan fingerprint density at radius 3 is 2.20 bits per heavy atom. The number of benzene rings is 5. The fourth-order valence-electron chi connectivity index (χ4n) is 5.11. The van der Waals surface area contributed by atoms with Gasteiger partial charge in [-0.2, -0.15) is 0 Å². The number of anilines is 2. The molecule has 0 fully saturated rings. The van der Waals surface area contributed by atoms with Crippen LogP contribution < -0.4 is 16.0 Å². The largest absolute Gasteiger partial charge is 0.321 e. The van der Waals surface area contributed by atoms with E-state index in [4.69, 9.17) is 0 Å². The zero-order valence-corrected chi connectivity index (χ0v) is 29.1. The van der Waals surface area contributed by atoms with E-state index in [-0.39, 0.29) is 11.6 Å². The number of aryl methyl sites for hydroxylation is 2. The van der Waals surface area contributed by atoms with E-state index in [1.165, 1.54) is 23.1 Å². The lowest BCUT2D eigenvalue weighted by Gasteiger charge is -2.17. The Labute approximate surface area is 299 Å². The summed E-state index contributed by atoms with van der Waals surface area (Å²) in [5.41, 5.74) is 6.61. The summed E-state index contributed by atoms with van der Waals surface area (Å²) in [6.45, 7) is 4.00. The molecule has 6 rings (SSSR count). The van der Waals surface area contributed by atoms with E-state index in [0.29, 0.717) is 16.4 Å². The van der Waals surface area contributed by atoms with Crippen molar-refractivity contribution in [1.82, 2.24) is 10.3 Å². The van der Waals surface area contributed by atoms with Crippen molar-refractivity contribution in [3.8, 4) is 11.3 Å². The Hall–Kier alpha value is -5.77. The highest BCUT2D eigenvalue weighted by atomic mass is 32.2. The second kappa shape index (κ2) is 16.1. The topological polar surface area (TPSA) is 100 Å². The minimum Gasteiger partial charge on any atom is -0.321 e. The van der Waals surface area contributed by atoms with Crippen molar-refractivity contribution in [2.45, 2.75) is 24.0 Å². The Morgan fingerprint density at radius 1 is 0.740 bits per heavy atom. The van der Waals surface area contributed by atoms with Gasteiger partial charge in [0, 0.05) is 27.1 Å². The molecule has 0 saturated carbocycles. The zero-order valence-electron chi connectivity index (χ0n) is 27.4. The first-order chi connectivity index (χ1) is 24.3. The van der Waals surface area contributed by atoms with Gasteiger partial charge in [-0.15, -0.1) is 23.1 Å². The van der Waals surface area contributed by atoms with E-state index in [0.717, 1.165) is 38.4 Å². The van der Waals surface area contributed by atoms with E-state index >= 15 is 0 Å². The molecule has 0 aliphatic carbocycles. The van der Waals surface area contributed by atoms with Crippen LogP contribution in [-0.2, 0) is 9.59 Å². The third-order valence-electron chi connectivity index (χ3n) is 7.65. The van der Waals surface area contributed by atoms with Gasteiger partial charge >= 0.3 is 0 Å². The molecule has 0 spiro atoms. The van der Waals surface area contributed by atoms with Crippen molar-refractivity contribution in [1.29, 1.82) is 0 Å². The quantitative estimate of drug-likeness (QED) is 0.0928. The number of thioether (sulfide) groups is 1. The third kappa shape index (κ3) is 9.02. The molecule has 1 unspecified atom stereocenters. The SMILES string of the molecule is Cc1ccc(-c2csc(NC(=O)C(Sc3cccc(NC(=O)/C(=C\c4cccc(C)c4)NC(=O)c4ccccc4)c3)c3ccccc3)n2)cc1. The summed E-state index contributed by atoms with van der Waals surface area (Å²) in [7, 11) is 0. The Bertz CT molecular complexity index is 2150. The molecular formula is C41H34N4O3S2. The summed E-state index contributed by atoms with van der Waals surface area (Å²) in [4.78, 5) is 46.0. The minimum absolute atomic E-state index is 0.0949. The lowest BCUT2D eigenvalue weighted by Crippen LogP contribution is -2.30. The third-order valence-corrected chi connectivity index (χ3v) is 9.66. The van der Waals surface area contributed by atoms with Gasteiger partial charge in [-0.1, -0.05) is 114 Å². The van der Waals surface area contributed by atoms with Crippen LogP contribution in [0.2, 0.25) is 0 Å². The van der Waals surface area contributed by atoms with Crippen molar-refractivity contribution in [2.24, 2.45) is 0 Å². The van der Waals surface area contributed by atoms with Crippen molar-refractivity contribution in [2.75, 3.05) is 10.6 Å². The number of rotatable bonds is 11. The molecular weight excluding hydrogens is 661 g/mol. The zero-order chi connectivity index (χ0) is 34.9. The van der Waals surface area contributed by atoms with Gasteiger partial charge in [-0.25, -0.2) is 4.98 Å². The minimum atomic E-state index is -0.601. The van der Waals surface area contributed by atoms with Crippen molar-refractivity contribution in [3.05, 3.63) is 172 Å². The Morgan fingerprint density at radius 2 is 1.46 bits per heavy atom. The van der Waals surface area contributed by atoms with Crippen LogP contribution in [-0.4, -0.2) is 22.7 Å². The number of nitrogens with one attached hydrogen (secondary N) is 3. The van der Waals surface area contributed by atoms with Gasteiger partial charge in [0.25, 0.3) is 11.8 Å². The summed E-state index contributed by atoms with van der Waals surface area (Å²) >= 11 is 2.74. The fourth-order valence-corrected chi connectivity index (χ4v) is 6.92. The number of hydrogen-bond donors (Lipinski definition) is 3. The number of aromatic nitrogens is 1. The number of carbonyl (C=O) groups is 3. The van der Waals surface area contributed by atoms with Crippen molar-refractivity contribution < 1.29 is 14.4 Å². The number of thiazole rings is 1. The molecule has 0 aliphatic heterocycles. The molecule has 7 nitrogen and oxygen atoms in total. The maximum Gasteiger partial charge on any atom is 0.272 e. The number of carbonyl (C=O) groups excluding carboxylic acids is 3. The van der Waals surface area contributed by atoms with Crippen molar-refractivity contribution >= 4 is 57.7 Å². The molecule has 0 aliphatic rings. The van der Waals surface area contributed by atoms with Crippen LogP contribution in [0.3, 0.4) is 0 Å². The lowest BCUT2D eigenvalue weighted by molar-refractivity contribution is -0.116. The number of hydrogen-bond acceptors (Lipinski definition) is 6. The van der Waals surface area contributed by atoms with E-state index in [2.05, 4.69) is 20.9 Å². The first kappa shape index (κ1) is 34.1. The summed E-state index contributed by atoms with van der Waals surface area (Å²) in [6.07, 6.45) is 1.65. The fraction of sp³-hybridized carbons (Fsp3) is 0.0732. The summed E-state index contributed by atoms with van der Waals surface area (Å²) < 4.78 is 0. The second-order valence-electron chi connectivity index (χ2n) is 11.6. The molecule has 9 heteroatoms. The van der Waals surface area contributed by atoms with Gasteiger partial charge in [-0.3, -0.25) is 14.4 Å². The normalized spacial score (nSPS) is 11.8.